The molecule has 64 valence electrons. The summed E-state index contributed by atoms with van der Waals surface area (Å²) >= 11 is 1.43. The lowest BCUT2D eigenvalue weighted by atomic mass is 10.3. The molecule has 0 N–H and O–H groups in total. The fraction of sp³-hybridized carbons (Fsp3) is 0.222. The van der Waals surface area contributed by atoms with Crippen LogP contribution in [0.15, 0.2) is 30.2 Å². The Balaban J connectivity index is 2.34. The van der Waals surface area contributed by atoms with Gasteiger partial charge in [-0.25, -0.2) is 0 Å². The summed E-state index contributed by atoms with van der Waals surface area (Å²) in [6.45, 7) is 4.06. The highest BCUT2D eigenvalue weighted by Gasteiger charge is 2.05. The Labute approximate surface area is 75.5 Å². The van der Waals surface area contributed by atoms with Gasteiger partial charge < -0.3 is 4.74 Å². The molecule has 0 amide bonds. The highest BCUT2D eigenvalue weighted by molar-refractivity contribution is 7.12. The van der Waals surface area contributed by atoms with Crippen LogP contribution in [0.1, 0.15) is 9.67 Å². The van der Waals surface area contributed by atoms with Crippen molar-refractivity contribution in [2.45, 2.75) is 0 Å². The number of ether oxygens (including phenoxy) is 1. The minimum Gasteiger partial charge on any atom is -0.369 e. The quantitative estimate of drug-likeness (QED) is 0.396. The molecule has 1 heterocycles. The maximum atomic E-state index is 11.2. The number of rotatable bonds is 5. The van der Waals surface area contributed by atoms with Gasteiger partial charge in [0.25, 0.3) is 0 Å². The Kier molecular flexibility index (Phi) is 3.70. The van der Waals surface area contributed by atoms with E-state index < -0.39 is 0 Å². The number of thiophene rings is 1. The lowest BCUT2D eigenvalue weighted by Crippen LogP contribution is -2.07. The number of hydrogen-bond donors (Lipinski definition) is 0. The summed E-state index contributed by atoms with van der Waals surface area (Å²) in [4.78, 5) is 12.0. The number of carbonyl (C=O) groups excluding carboxylic acids is 1. The summed E-state index contributed by atoms with van der Waals surface area (Å²) in [6.07, 6.45) is 1.63. The highest BCUT2D eigenvalue weighted by atomic mass is 32.1. The average molecular weight is 182 g/mol. The van der Waals surface area contributed by atoms with Gasteiger partial charge in [0.1, 0.15) is 6.61 Å². The molecule has 0 aliphatic rings. The van der Waals surface area contributed by atoms with Crippen molar-refractivity contribution in [3.05, 3.63) is 35.0 Å². The van der Waals surface area contributed by atoms with Crippen molar-refractivity contribution in [2.24, 2.45) is 0 Å². The molecule has 0 radical (unpaired) electrons. The van der Waals surface area contributed by atoms with Crippen LogP contribution in [0.25, 0.3) is 0 Å². The second kappa shape index (κ2) is 4.85. The first kappa shape index (κ1) is 9.16. The van der Waals surface area contributed by atoms with Crippen LogP contribution in [-0.4, -0.2) is 19.0 Å². The van der Waals surface area contributed by atoms with E-state index in [-0.39, 0.29) is 12.4 Å². The van der Waals surface area contributed by atoms with Crippen LogP contribution in [-0.2, 0) is 4.74 Å². The minimum absolute atomic E-state index is 0.0341. The lowest BCUT2D eigenvalue weighted by molar-refractivity contribution is 0.0810. The van der Waals surface area contributed by atoms with Crippen molar-refractivity contribution in [1.82, 2.24) is 0 Å². The fourth-order valence-electron chi connectivity index (χ4n) is 0.743. The molecule has 0 aromatic carbocycles. The number of Topliss-reactive ketones (excluding diaryl/α,β-unsaturated/α-hetero) is 1. The van der Waals surface area contributed by atoms with E-state index in [1.165, 1.54) is 11.3 Å². The third kappa shape index (κ3) is 2.60. The van der Waals surface area contributed by atoms with Gasteiger partial charge in [-0.15, -0.1) is 17.9 Å². The van der Waals surface area contributed by atoms with Crippen molar-refractivity contribution in [3.8, 4) is 0 Å². The monoisotopic (exact) mass is 182 g/mol. The zero-order valence-electron chi connectivity index (χ0n) is 6.66. The van der Waals surface area contributed by atoms with Crippen LogP contribution >= 0.6 is 11.3 Å². The van der Waals surface area contributed by atoms with E-state index in [9.17, 15) is 4.79 Å². The summed E-state index contributed by atoms with van der Waals surface area (Å²) < 4.78 is 5.01. The van der Waals surface area contributed by atoms with E-state index in [0.717, 1.165) is 4.88 Å². The molecule has 0 saturated carbocycles. The maximum Gasteiger partial charge on any atom is 0.198 e. The molecule has 0 spiro atoms. The second-order valence-corrected chi connectivity index (χ2v) is 3.15. The van der Waals surface area contributed by atoms with E-state index in [0.29, 0.717) is 6.61 Å². The van der Waals surface area contributed by atoms with Gasteiger partial charge in [-0.3, -0.25) is 4.79 Å². The van der Waals surface area contributed by atoms with Gasteiger partial charge in [0.2, 0.25) is 0 Å². The number of carbonyl (C=O) groups is 1. The summed E-state index contributed by atoms with van der Waals surface area (Å²) in [7, 11) is 0. The van der Waals surface area contributed by atoms with E-state index in [4.69, 9.17) is 4.74 Å². The Bertz CT molecular complexity index is 252. The Morgan fingerprint density at radius 2 is 2.58 bits per heavy atom. The fourth-order valence-corrected chi connectivity index (χ4v) is 1.39. The molecule has 3 heteroatoms. The molecule has 0 unspecified atom stereocenters. The third-order valence-corrected chi connectivity index (χ3v) is 2.18. The molecule has 0 saturated heterocycles. The van der Waals surface area contributed by atoms with Gasteiger partial charge in [0.15, 0.2) is 5.78 Å². The molecule has 2 nitrogen and oxygen atoms in total. The van der Waals surface area contributed by atoms with E-state index >= 15 is 0 Å². The zero-order valence-corrected chi connectivity index (χ0v) is 7.47. The van der Waals surface area contributed by atoms with E-state index in [2.05, 4.69) is 6.58 Å². The minimum atomic E-state index is 0.0341. The number of ketones is 1. The molecular weight excluding hydrogens is 172 g/mol. The van der Waals surface area contributed by atoms with Crippen molar-refractivity contribution < 1.29 is 9.53 Å². The topological polar surface area (TPSA) is 26.3 Å². The smallest absolute Gasteiger partial charge is 0.198 e. The third-order valence-electron chi connectivity index (χ3n) is 1.26. The molecule has 1 aromatic heterocycles. The highest BCUT2D eigenvalue weighted by Crippen LogP contribution is 2.08. The van der Waals surface area contributed by atoms with Crippen LogP contribution in [0, 0.1) is 0 Å². The Hall–Kier alpha value is -0.930. The lowest BCUT2D eigenvalue weighted by Gasteiger charge is -1.96. The largest absolute Gasteiger partial charge is 0.369 e. The van der Waals surface area contributed by atoms with Crippen LogP contribution in [0.4, 0.5) is 0 Å². The molecule has 1 aromatic rings. The van der Waals surface area contributed by atoms with Gasteiger partial charge in [0, 0.05) is 0 Å². The molecule has 0 aliphatic heterocycles. The molecule has 0 atom stereocenters. The van der Waals surface area contributed by atoms with Gasteiger partial charge in [-0.05, 0) is 11.4 Å². The first-order valence-corrected chi connectivity index (χ1v) is 4.48. The molecule has 1 rings (SSSR count). The zero-order chi connectivity index (χ0) is 8.81. The number of hydrogen-bond acceptors (Lipinski definition) is 3. The van der Waals surface area contributed by atoms with Crippen molar-refractivity contribution in [2.75, 3.05) is 13.2 Å². The predicted octanol–water partition coefficient (Wildman–Crippen LogP) is 2.13. The van der Waals surface area contributed by atoms with Crippen LogP contribution in [0.2, 0.25) is 0 Å². The Morgan fingerprint density at radius 1 is 1.75 bits per heavy atom. The molecular formula is C9H10O2S. The summed E-state index contributed by atoms with van der Waals surface area (Å²) in [5.41, 5.74) is 0. The molecule has 12 heavy (non-hydrogen) atoms. The SMILES string of the molecule is C=CCOCC(=O)c1cccs1. The molecule has 0 bridgehead atoms. The van der Waals surface area contributed by atoms with Crippen LogP contribution in [0.3, 0.4) is 0 Å². The first-order valence-electron chi connectivity index (χ1n) is 3.60. The van der Waals surface area contributed by atoms with Crippen molar-refractivity contribution in [1.29, 1.82) is 0 Å². The Morgan fingerprint density at radius 3 is 3.17 bits per heavy atom. The van der Waals surface area contributed by atoms with Gasteiger partial charge in [-0.2, -0.15) is 0 Å². The van der Waals surface area contributed by atoms with Gasteiger partial charge >= 0.3 is 0 Å². The first-order chi connectivity index (χ1) is 5.84. The average Bonchev–Trinajstić information content (AvgIpc) is 2.56. The van der Waals surface area contributed by atoms with Crippen molar-refractivity contribution >= 4 is 17.1 Å². The van der Waals surface area contributed by atoms with Crippen LogP contribution < -0.4 is 0 Å². The van der Waals surface area contributed by atoms with Gasteiger partial charge in [0.05, 0.1) is 11.5 Å². The van der Waals surface area contributed by atoms with E-state index in [1.807, 2.05) is 11.4 Å². The summed E-state index contributed by atoms with van der Waals surface area (Å²) in [5.74, 6) is 0.0341. The molecule has 0 fully saturated rings. The van der Waals surface area contributed by atoms with Gasteiger partial charge in [-0.1, -0.05) is 12.1 Å². The van der Waals surface area contributed by atoms with Crippen LogP contribution in [0.5, 0.6) is 0 Å². The normalized spacial score (nSPS) is 9.67. The second-order valence-electron chi connectivity index (χ2n) is 2.20. The van der Waals surface area contributed by atoms with Crippen molar-refractivity contribution in [3.63, 3.8) is 0 Å². The van der Waals surface area contributed by atoms with E-state index in [1.54, 1.807) is 12.1 Å². The predicted molar refractivity (Wildman–Crippen MR) is 49.7 cm³/mol. The molecule has 0 aliphatic carbocycles. The summed E-state index contributed by atoms with van der Waals surface area (Å²) in [5, 5.41) is 1.88. The summed E-state index contributed by atoms with van der Waals surface area (Å²) in [6, 6.07) is 3.65. The standard InChI is InChI=1S/C9H10O2S/c1-2-5-11-7-8(10)9-4-3-6-12-9/h2-4,6H,1,5,7H2. The maximum absolute atomic E-state index is 11.2.